The average molecular weight is 347 g/mol. The first-order valence-corrected chi connectivity index (χ1v) is 8.31. The first-order valence-electron chi connectivity index (χ1n) is 5.57. The lowest BCUT2D eigenvalue weighted by atomic mass is 10.3. The molecule has 3 N–H and O–H groups in total. The van der Waals surface area contributed by atoms with E-state index in [-0.39, 0.29) is 21.6 Å². The second-order valence-corrected chi connectivity index (χ2v) is 6.97. The number of sulfonamides is 1. The van der Waals surface area contributed by atoms with Gasteiger partial charge in [0.25, 0.3) is 10.0 Å². The SMILES string of the molecule is Nc1nc2sccn2c1S(=O)(=O)Nc1ccc(F)cc1Cl. The Bertz CT molecular complexity index is 935. The predicted molar refractivity (Wildman–Crippen MR) is 79.7 cm³/mol. The number of thiazole rings is 1. The number of hydrogen-bond acceptors (Lipinski definition) is 5. The average Bonchev–Trinajstić information content (AvgIpc) is 2.91. The Hall–Kier alpha value is -1.84. The summed E-state index contributed by atoms with van der Waals surface area (Å²) in [6.07, 6.45) is 1.55. The Morgan fingerprint density at radius 2 is 2.19 bits per heavy atom. The fraction of sp³-hybridized carbons (Fsp3) is 0. The molecule has 1 aromatic carbocycles. The van der Waals surface area contributed by atoms with Crippen LogP contribution in [0.3, 0.4) is 0 Å². The Labute approximate surface area is 128 Å². The van der Waals surface area contributed by atoms with Crippen molar-refractivity contribution in [2.24, 2.45) is 0 Å². The van der Waals surface area contributed by atoms with Gasteiger partial charge in [0.15, 0.2) is 10.8 Å². The minimum Gasteiger partial charge on any atom is -0.381 e. The van der Waals surface area contributed by atoms with Crippen LogP contribution < -0.4 is 10.5 Å². The third-order valence-corrected chi connectivity index (χ3v) is 5.15. The summed E-state index contributed by atoms with van der Waals surface area (Å²) >= 11 is 7.07. The summed E-state index contributed by atoms with van der Waals surface area (Å²) in [6.45, 7) is 0. The predicted octanol–water partition coefficient (Wildman–Crippen LogP) is 2.57. The highest BCUT2D eigenvalue weighted by Gasteiger charge is 2.25. The van der Waals surface area contributed by atoms with E-state index < -0.39 is 15.8 Å². The van der Waals surface area contributed by atoms with Gasteiger partial charge in [-0.05, 0) is 18.2 Å². The highest BCUT2D eigenvalue weighted by molar-refractivity contribution is 7.92. The molecule has 0 bridgehead atoms. The van der Waals surface area contributed by atoms with Crippen molar-refractivity contribution < 1.29 is 12.8 Å². The number of hydrogen-bond donors (Lipinski definition) is 2. The Kier molecular flexibility index (Phi) is 3.27. The van der Waals surface area contributed by atoms with E-state index in [2.05, 4.69) is 9.71 Å². The van der Waals surface area contributed by atoms with Crippen LogP contribution in [0.25, 0.3) is 4.96 Å². The lowest BCUT2D eigenvalue weighted by Gasteiger charge is -2.09. The lowest BCUT2D eigenvalue weighted by molar-refractivity contribution is 0.597. The maximum absolute atomic E-state index is 13.0. The van der Waals surface area contributed by atoms with Gasteiger partial charge in [-0.1, -0.05) is 11.6 Å². The molecule has 0 saturated carbocycles. The molecule has 0 radical (unpaired) electrons. The van der Waals surface area contributed by atoms with Crippen LogP contribution in [0.1, 0.15) is 0 Å². The standard InChI is InChI=1S/C11H8ClFN4O2S2/c12-7-5-6(13)1-2-8(7)16-21(18,19)10-9(14)15-11-17(10)3-4-20-11/h1-5,16H,14H2. The number of benzene rings is 1. The van der Waals surface area contributed by atoms with Crippen LogP contribution in [0.2, 0.25) is 5.02 Å². The van der Waals surface area contributed by atoms with Crippen molar-refractivity contribution in [3.05, 3.63) is 40.6 Å². The van der Waals surface area contributed by atoms with Crippen molar-refractivity contribution in [1.82, 2.24) is 9.38 Å². The molecule has 0 fully saturated rings. The molecular formula is C11H8ClFN4O2S2. The largest absolute Gasteiger partial charge is 0.381 e. The van der Waals surface area contributed by atoms with Crippen LogP contribution in [-0.2, 0) is 10.0 Å². The molecule has 110 valence electrons. The van der Waals surface area contributed by atoms with Gasteiger partial charge in [0.1, 0.15) is 5.82 Å². The minimum atomic E-state index is -4.01. The molecule has 0 aliphatic carbocycles. The van der Waals surface area contributed by atoms with Gasteiger partial charge in [-0.2, -0.15) is 8.42 Å². The first-order chi connectivity index (χ1) is 9.88. The van der Waals surface area contributed by atoms with Crippen LogP contribution in [0.5, 0.6) is 0 Å². The summed E-state index contributed by atoms with van der Waals surface area (Å²) in [5.74, 6) is -0.681. The van der Waals surface area contributed by atoms with Crippen molar-refractivity contribution in [1.29, 1.82) is 0 Å². The van der Waals surface area contributed by atoms with Gasteiger partial charge in [-0.15, -0.1) is 11.3 Å². The Balaban J connectivity index is 2.08. The zero-order chi connectivity index (χ0) is 15.2. The molecule has 21 heavy (non-hydrogen) atoms. The van der Waals surface area contributed by atoms with E-state index in [0.717, 1.165) is 12.1 Å². The number of nitrogens with one attached hydrogen (secondary N) is 1. The summed E-state index contributed by atoms with van der Waals surface area (Å²) in [6, 6.07) is 3.35. The molecule has 0 aliphatic heterocycles. The van der Waals surface area contributed by atoms with E-state index in [1.807, 2.05) is 0 Å². The zero-order valence-electron chi connectivity index (χ0n) is 10.2. The molecular weight excluding hydrogens is 339 g/mol. The van der Waals surface area contributed by atoms with Crippen LogP contribution in [0.15, 0.2) is 34.8 Å². The summed E-state index contributed by atoms with van der Waals surface area (Å²) in [5, 5.41) is 1.45. The summed E-state index contributed by atoms with van der Waals surface area (Å²) in [5.41, 5.74) is 5.72. The summed E-state index contributed by atoms with van der Waals surface area (Å²) in [4.78, 5) is 4.42. The third kappa shape index (κ3) is 2.43. The summed E-state index contributed by atoms with van der Waals surface area (Å²) in [7, 11) is -4.01. The molecule has 0 aliphatic rings. The number of anilines is 2. The molecule has 3 rings (SSSR count). The van der Waals surface area contributed by atoms with E-state index in [0.29, 0.717) is 4.96 Å². The molecule has 2 aromatic heterocycles. The van der Waals surface area contributed by atoms with Crippen molar-refractivity contribution >= 4 is 49.4 Å². The number of nitrogen functional groups attached to an aromatic ring is 1. The second kappa shape index (κ2) is 4.86. The normalized spacial score (nSPS) is 11.9. The molecule has 0 unspecified atom stereocenters. The summed E-state index contributed by atoms with van der Waals surface area (Å²) < 4.78 is 41.5. The van der Waals surface area contributed by atoms with Crippen LogP contribution in [0.4, 0.5) is 15.9 Å². The fourth-order valence-electron chi connectivity index (χ4n) is 1.81. The van der Waals surface area contributed by atoms with Crippen molar-refractivity contribution in [2.75, 3.05) is 10.5 Å². The lowest BCUT2D eigenvalue weighted by Crippen LogP contribution is -2.16. The van der Waals surface area contributed by atoms with Crippen molar-refractivity contribution in [2.45, 2.75) is 5.03 Å². The van der Waals surface area contributed by atoms with Gasteiger partial charge in [0, 0.05) is 11.6 Å². The number of halogens is 2. The zero-order valence-corrected chi connectivity index (χ0v) is 12.6. The maximum atomic E-state index is 13.0. The van der Waals surface area contributed by atoms with E-state index in [9.17, 15) is 12.8 Å². The van der Waals surface area contributed by atoms with Crippen LogP contribution in [0, 0.1) is 5.82 Å². The molecule has 3 aromatic rings. The topological polar surface area (TPSA) is 89.5 Å². The van der Waals surface area contributed by atoms with E-state index in [1.54, 1.807) is 11.6 Å². The molecule has 6 nitrogen and oxygen atoms in total. The number of imidazole rings is 1. The fourth-order valence-corrected chi connectivity index (χ4v) is 4.16. The monoisotopic (exact) mass is 346 g/mol. The quantitative estimate of drug-likeness (QED) is 0.762. The van der Waals surface area contributed by atoms with Crippen molar-refractivity contribution in [3.8, 4) is 0 Å². The van der Waals surface area contributed by atoms with Crippen LogP contribution >= 0.6 is 22.9 Å². The molecule has 0 atom stereocenters. The van der Waals surface area contributed by atoms with Crippen LogP contribution in [-0.4, -0.2) is 17.8 Å². The molecule has 0 spiro atoms. The Morgan fingerprint density at radius 1 is 1.43 bits per heavy atom. The molecule has 0 amide bonds. The number of rotatable bonds is 3. The number of aromatic nitrogens is 2. The third-order valence-electron chi connectivity index (χ3n) is 2.67. The van der Waals surface area contributed by atoms with E-state index in [1.165, 1.54) is 21.8 Å². The molecule has 2 heterocycles. The highest BCUT2D eigenvalue weighted by atomic mass is 35.5. The van der Waals surface area contributed by atoms with E-state index >= 15 is 0 Å². The van der Waals surface area contributed by atoms with Gasteiger partial charge >= 0.3 is 0 Å². The number of nitrogens with two attached hydrogens (primary N) is 1. The number of fused-ring (bicyclic) bond motifs is 1. The van der Waals surface area contributed by atoms with Gasteiger partial charge in [0.05, 0.1) is 10.7 Å². The van der Waals surface area contributed by atoms with Gasteiger partial charge in [-0.3, -0.25) is 9.12 Å². The smallest absolute Gasteiger partial charge is 0.281 e. The number of nitrogens with zero attached hydrogens (tertiary/aromatic N) is 2. The molecule has 10 heteroatoms. The van der Waals surface area contributed by atoms with Gasteiger partial charge in [0.2, 0.25) is 5.03 Å². The Morgan fingerprint density at radius 3 is 2.90 bits per heavy atom. The van der Waals surface area contributed by atoms with Gasteiger partial charge < -0.3 is 5.73 Å². The second-order valence-electron chi connectivity index (χ2n) is 4.09. The highest BCUT2D eigenvalue weighted by Crippen LogP contribution is 2.28. The first kappa shape index (κ1) is 14.1. The van der Waals surface area contributed by atoms with Gasteiger partial charge in [-0.25, -0.2) is 9.37 Å². The van der Waals surface area contributed by atoms with E-state index in [4.69, 9.17) is 17.3 Å². The molecule has 0 saturated heterocycles. The minimum absolute atomic E-state index is 0.0526. The maximum Gasteiger partial charge on any atom is 0.281 e. The van der Waals surface area contributed by atoms with Crippen molar-refractivity contribution in [3.63, 3.8) is 0 Å².